The van der Waals surface area contributed by atoms with Crippen molar-refractivity contribution in [3.63, 3.8) is 0 Å². The number of rotatable bonds is 3. The van der Waals surface area contributed by atoms with Crippen molar-refractivity contribution < 1.29 is 9.21 Å². The van der Waals surface area contributed by atoms with Crippen LogP contribution in [0.2, 0.25) is 0 Å². The number of aromatic nitrogens is 2. The molecule has 0 radical (unpaired) electrons. The van der Waals surface area contributed by atoms with Gasteiger partial charge >= 0.3 is 5.63 Å². The van der Waals surface area contributed by atoms with Crippen LogP contribution in [0.5, 0.6) is 0 Å². The summed E-state index contributed by atoms with van der Waals surface area (Å²) < 4.78 is 5.14. The number of benzene rings is 1. The number of anilines is 1. The first-order valence-electron chi connectivity index (χ1n) is 6.82. The molecule has 2 aromatic heterocycles. The molecule has 0 fully saturated rings. The number of hydrogen-bond acceptors (Lipinski definition) is 5. The number of carbonyl (C=O) groups is 1. The van der Waals surface area contributed by atoms with E-state index in [1.54, 1.807) is 24.3 Å². The van der Waals surface area contributed by atoms with Gasteiger partial charge in [0, 0.05) is 11.8 Å². The molecule has 0 spiro atoms. The Balaban J connectivity index is 1.91. The van der Waals surface area contributed by atoms with Crippen LogP contribution in [0.1, 0.15) is 23.1 Å². The van der Waals surface area contributed by atoms with E-state index in [4.69, 9.17) is 4.42 Å². The zero-order chi connectivity index (χ0) is 15.5. The molecule has 3 rings (SSSR count). The number of aryl methyl sites for hydroxylation is 1. The maximum absolute atomic E-state index is 12.2. The molecule has 110 valence electrons. The van der Waals surface area contributed by atoms with E-state index in [1.807, 2.05) is 6.92 Å². The fourth-order valence-corrected chi connectivity index (χ4v) is 2.02. The number of carbonyl (C=O) groups excluding carboxylic acids is 1. The molecule has 1 amide bonds. The summed E-state index contributed by atoms with van der Waals surface area (Å²) in [7, 11) is 0. The summed E-state index contributed by atoms with van der Waals surface area (Å²) >= 11 is 0. The third kappa shape index (κ3) is 2.71. The molecule has 0 aliphatic carbocycles. The largest absolute Gasteiger partial charge is 0.422 e. The Hall–Kier alpha value is -3.02. The van der Waals surface area contributed by atoms with Gasteiger partial charge in [0.25, 0.3) is 5.91 Å². The van der Waals surface area contributed by atoms with Gasteiger partial charge in [-0.1, -0.05) is 25.1 Å². The molecule has 6 heteroatoms. The fourth-order valence-electron chi connectivity index (χ4n) is 2.02. The highest BCUT2D eigenvalue weighted by Crippen LogP contribution is 2.13. The van der Waals surface area contributed by atoms with Crippen LogP contribution < -0.4 is 10.9 Å². The second-order valence-corrected chi connectivity index (χ2v) is 4.68. The molecule has 0 aliphatic rings. The Morgan fingerprint density at radius 3 is 2.68 bits per heavy atom. The smallest absolute Gasteiger partial charge is 0.349 e. The Kier molecular flexibility index (Phi) is 3.65. The van der Waals surface area contributed by atoms with Gasteiger partial charge in [-0.15, -0.1) is 0 Å². The van der Waals surface area contributed by atoms with Gasteiger partial charge in [0.15, 0.2) is 0 Å². The Morgan fingerprint density at radius 2 is 1.95 bits per heavy atom. The average molecular weight is 295 g/mol. The molecule has 0 saturated heterocycles. The monoisotopic (exact) mass is 295 g/mol. The minimum absolute atomic E-state index is 0.0572. The van der Waals surface area contributed by atoms with Gasteiger partial charge in [0.05, 0.1) is 18.1 Å². The van der Waals surface area contributed by atoms with Crippen molar-refractivity contribution in [2.24, 2.45) is 0 Å². The van der Waals surface area contributed by atoms with Crippen LogP contribution in [0.25, 0.3) is 11.0 Å². The van der Waals surface area contributed by atoms with Crippen molar-refractivity contribution in [2.75, 3.05) is 5.32 Å². The van der Waals surface area contributed by atoms with Gasteiger partial charge in [0.2, 0.25) is 0 Å². The summed E-state index contributed by atoms with van der Waals surface area (Å²) in [6.45, 7) is 1.94. The van der Waals surface area contributed by atoms with E-state index in [1.165, 1.54) is 18.5 Å². The van der Waals surface area contributed by atoms with Gasteiger partial charge < -0.3 is 9.73 Å². The SMILES string of the molecule is CCc1ncc(NC(=O)c2cc3ccccc3oc2=O)cn1. The van der Waals surface area contributed by atoms with Crippen molar-refractivity contribution in [3.05, 3.63) is 64.5 Å². The highest BCUT2D eigenvalue weighted by atomic mass is 16.4. The predicted molar refractivity (Wildman–Crippen MR) is 81.8 cm³/mol. The summed E-state index contributed by atoms with van der Waals surface area (Å²) in [6.07, 6.45) is 3.72. The summed E-state index contributed by atoms with van der Waals surface area (Å²) in [6, 6.07) is 8.53. The van der Waals surface area contributed by atoms with E-state index in [0.29, 0.717) is 28.9 Å². The zero-order valence-electron chi connectivity index (χ0n) is 11.9. The van der Waals surface area contributed by atoms with Crippen molar-refractivity contribution in [3.8, 4) is 0 Å². The standard InChI is InChI=1S/C16H13N3O3/c1-2-14-17-8-11(9-18-14)19-15(20)12-7-10-5-3-4-6-13(10)22-16(12)21/h3-9H,2H2,1H3,(H,19,20). The lowest BCUT2D eigenvalue weighted by molar-refractivity contribution is 0.102. The Morgan fingerprint density at radius 1 is 1.23 bits per heavy atom. The third-order valence-electron chi connectivity index (χ3n) is 3.17. The molecule has 0 unspecified atom stereocenters. The van der Waals surface area contributed by atoms with Gasteiger partial charge in [-0.2, -0.15) is 0 Å². The number of nitrogens with one attached hydrogen (secondary N) is 1. The molecule has 0 atom stereocenters. The second-order valence-electron chi connectivity index (χ2n) is 4.68. The van der Waals surface area contributed by atoms with Crippen LogP contribution in [-0.4, -0.2) is 15.9 Å². The van der Waals surface area contributed by atoms with E-state index in [9.17, 15) is 9.59 Å². The van der Waals surface area contributed by atoms with Crippen molar-refractivity contribution in [2.45, 2.75) is 13.3 Å². The van der Waals surface area contributed by atoms with E-state index in [-0.39, 0.29) is 5.56 Å². The normalized spacial score (nSPS) is 10.6. The summed E-state index contributed by atoms with van der Waals surface area (Å²) in [4.78, 5) is 32.3. The average Bonchev–Trinajstić information content (AvgIpc) is 2.54. The number of para-hydroxylation sites is 1. The number of amides is 1. The van der Waals surface area contributed by atoms with Gasteiger partial charge in [-0.05, 0) is 12.1 Å². The van der Waals surface area contributed by atoms with E-state index >= 15 is 0 Å². The maximum atomic E-state index is 12.2. The number of nitrogens with zero attached hydrogens (tertiary/aromatic N) is 2. The van der Waals surface area contributed by atoms with E-state index in [0.717, 1.165) is 0 Å². The first-order valence-corrected chi connectivity index (χ1v) is 6.82. The van der Waals surface area contributed by atoms with Gasteiger partial charge in [-0.3, -0.25) is 4.79 Å². The fraction of sp³-hybridized carbons (Fsp3) is 0.125. The molecule has 0 saturated carbocycles. The first-order chi connectivity index (χ1) is 10.7. The van der Waals surface area contributed by atoms with Crippen molar-refractivity contribution in [1.82, 2.24) is 9.97 Å². The topological polar surface area (TPSA) is 85.1 Å². The molecule has 22 heavy (non-hydrogen) atoms. The van der Waals surface area contributed by atoms with Crippen LogP contribution in [0.4, 0.5) is 5.69 Å². The third-order valence-corrected chi connectivity index (χ3v) is 3.17. The Bertz CT molecular complexity index is 885. The molecule has 3 aromatic rings. The quantitative estimate of drug-likeness (QED) is 0.750. The lowest BCUT2D eigenvalue weighted by atomic mass is 10.2. The molecule has 1 aromatic carbocycles. The molecular weight excluding hydrogens is 282 g/mol. The minimum Gasteiger partial charge on any atom is -0.422 e. The predicted octanol–water partition coefficient (Wildman–Crippen LogP) is 2.40. The molecule has 0 aliphatic heterocycles. The lowest BCUT2D eigenvalue weighted by Gasteiger charge is -2.05. The van der Waals surface area contributed by atoms with E-state index < -0.39 is 11.5 Å². The van der Waals surface area contributed by atoms with Crippen LogP contribution in [-0.2, 0) is 6.42 Å². The second kappa shape index (κ2) is 5.77. The highest BCUT2D eigenvalue weighted by Gasteiger charge is 2.14. The van der Waals surface area contributed by atoms with Crippen molar-refractivity contribution >= 4 is 22.6 Å². The summed E-state index contributed by atoms with van der Waals surface area (Å²) in [5.74, 6) is 0.135. The highest BCUT2D eigenvalue weighted by molar-refractivity contribution is 6.05. The van der Waals surface area contributed by atoms with Crippen LogP contribution in [0.3, 0.4) is 0 Å². The maximum Gasteiger partial charge on any atom is 0.349 e. The lowest BCUT2D eigenvalue weighted by Crippen LogP contribution is -2.20. The van der Waals surface area contributed by atoms with Crippen LogP contribution in [0, 0.1) is 0 Å². The van der Waals surface area contributed by atoms with E-state index in [2.05, 4.69) is 15.3 Å². The molecule has 0 bridgehead atoms. The molecular formula is C16H13N3O3. The minimum atomic E-state index is -0.678. The van der Waals surface area contributed by atoms with Crippen LogP contribution in [0.15, 0.2) is 51.9 Å². The molecule has 1 N–H and O–H groups in total. The van der Waals surface area contributed by atoms with Crippen LogP contribution >= 0.6 is 0 Å². The molecule has 2 heterocycles. The molecule has 6 nitrogen and oxygen atoms in total. The summed E-state index contributed by atoms with van der Waals surface area (Å²) in [5.41, 5.74) is 0.134. The summed E-state index contributed by atoms with van der Waals surface area (Å²) in [5, 5.41) is 3.28. The first kappa shape index (κ1) is 13.9. The zero-order valence-corrected chi connectivity index (χ0v) is 11.9. The number of fused-ring (bicyclic) bond motifs is 1. The van der Waals surface area contributed by atoms with Gasteiger partial charge in [0.1, 0.15) is 17.0 Å². The van der Waals surface area contributed by atoms with Crippen molar-refractivity contribution in [1.29, 1.82) is 0 Å². The number of hydrogen-bond donors (Lipinski definition) is 1. The Labute approximate surface area is 125 Å². The van der Waals surface area contributed by atoms with Gasteiger partial charge in [-0.25, -0.2) is 14.8 Å².